The molecule has 0 aromatic heterocycles. The van der Waals surface area contributed by atoms with Crippen molar-refractivity contribution in [2.75, 3.05) is 26.9 Å². The van der Waals surface area contributed by atoms with Gasteiger partial charge in [-0.05, 0) is 40.0 Å². The fourth-order valence-corrected chi connectivity index (χ4v) is 4.92. The second-order valence-electron chi connectivity index (χ2n) is 8.61. The van der Waals surface area contributed by atoms with Crippen molar-refractivity contribution in [3.05, 3.63) is 113 Å². The van der Waals surface area contributed by atoms with Gasteiger partial charge in [-0.3, -0.25) is 4.48 Å². The zero-order valence-electron chi connectivity index (χ0n) is 17.6. The van der Waals surface area contributed by atoms with Crippen LogP contribution in [0.1, 0.15) is 39.4 Å². The SMILES string of the molecule is C[N+]1(COC(=O)c2ccccc2)CCC2=C(C1)C(c1ccccc1)c1ccccc12.[Cl-]. The van der Waals surface area contributed by atoms with Crippen LogP contribution in [-0.4, -0.2) is 37.3 Å². The summed E-state index contributed by atoms with van der Waals surface area (Å²) in [7, 11) is 2.20. The first kappa shape index (κ1) is 21.4. The molecule has 0 amide bonds. The van der Waals surface area contributed by atoms with Crippen molar-refractivity contribution in [3.63, 3.8) is 0 Å². The van der Waals surface area contributed by atoms with Crippen molar-refractivity contribution in [1.29, 1.82) is 0 Å². The van der Waals surface area contributed by atoms with Gasteiger partial charge in [0.25, 0.3) is 0 Å². The van der Waals surface area contributed by atoms with Crippen molar-refractivity contribution in [2.45, 2.75) is 12.3 Å². The molecular formula is C27H26ClNO2. The van der Waals surface area contributed by atoms with Crippen LogP contribution < -0.4 is 12.4 Å². The third-order valence-corrected chi connectivity index (χ3v) is 6.44. The standard InChI is InChI=1S/C27H26NO2.ClH/c1-28(19-30-27(29)21-12-6-3-7-13-21)17-16-23-22-14-8-9-15-24(22)26(25(23)18-28)20-10-4-2-5-11-20;/h2-15,26H,16-19H2,1H3;1H/q+1;/p-1. The lowest BCUT2D eigenvalue weighted by molar-refractivity contribution is -0.922. The molecule has 31 heavy (non-hydrogen) atoms. The van der Waals surface area contributed by atoms with Crippen LogP contribution in [0.15, 0.2) is 90.5 Å². The van der Waals surface area contributed by atoms with Crippen molar-refractivity contribution in [3.8, 4) is 0 Å². The van der Waals surface area contributed by atoms with Gasteiger partial charge >= 0.3 is 5.97 Å². The quantitative estimate of drug-likeness (QED) is 0.468. The summed E-state index contributed by atoms with van der Waals surface area (Å²) in [6, 6.07) is 28.8. The second kappa shape index (κ2) is 8.70. The molecule has 2 unspecified atom stereocenters. The van der Waals surface area contributed by atoms with Crippen LogP contribution in [0.3, 0.4) is 0 Å². The summed E-state index contributed by atoms with van der Waals surface area (Å²) in [5, 5.41) is 0. The van der Waals surface area contributed by atoms with Gasteiger partial charge in [0.1, 0.15) is 6.54 Å². The monoisotopic (exact) mass is 431 g/mol. The lowest BCUT2D eigenvalue weighted by Crippen LogP contribution is -3.00. The number of esters is 1. The highest BCUT2D eigenvalue weighted by atomic mass is 35.5. The second-order valence-corrected chi connectivity index (χ2v) is 8.61. The van der Waals surface area contributed by atoms with Crippen LogP contribution in [-0.2, 0) is 4.74 Å². The van der Waals surface area contributed by atoms with Crippen LogP contribution in [0.5, 0.6) is 0 Å². The number of hydrogen-bond acceptors (Lipinski definition) is 2. The van der Waals surface area contributed by atoms with Gasteiger partial charge in [0.15, 0.2) is 0 Å². The average molecular weight is 432 g/mol. The molecule has 1 heterocycles. The molecule has 158 valence electrons. The smallest absolute Gasteiger partial charge is 0.342 e. The third-order valence-electron chi connectivity index (χ3n) is 6.44. The van der Waals surface area contributed by atoms with Crippen molar-refractivity contribution >= 4 is 11.5 Å². The number of halogens is 1. The lowest BCUT2D eigenvalue weighted by Gasteiger charge is -2.38. The van der Waals surface area contributed by atoms with Crippen LogP contribution in [0.25, 0.3) is 5.57 Å². The van der Waals surface area contributed by atoms with Gasteiger partial charge in [0, 0.05) is 12.3 Å². The maximum atomic E-state index is 12.5. The Morgan fingerprint density at radius 3 is 2.32 bits per heavy atom. The highest BCUT2D eigenvalue weighted by Gasteiger charge is 2.41. The number of likely N-dealkylation sites (N-methyl/N-ethyl adjacent to an activating group) is 1. The molecule has 0 saturated heterocycles. The number of quaternary nitrogens is 1. The molecule has 3 aromatic rings. The number of benzene rings is 3. The molecule has 1 aliphatic carbocycles. The predicted molar refractivity (Wildman–Crippen MR) is 119 cm³/mol. The van der Waals surface area contributed by atoms with Gasteiger partial charge in [-0.1, -0.05) is 72.8 Å². The van der Waals surface area contributed by atoms with E-state index in [1.54, 1.807) is 12.1 Å². The predicted octanol–water partition coefficient (Wildman–Crippen LogP) is 2.25. The van der Waals surface area contributed by atoms with Gasteiger partial charge in [-0.15, -0.1) is 0 Å². The van der Waals surface area contributed by atoms with Gasteiger partial charge in [0.05, 0.1) is 19.2 Å². The van der Waals surface area contributed by atoms with E-state index in [4.69, 9.17) is 4.74 Å². The summed E-state index contributed by atoms with van der Waals surface area (Å²) >= 11 is 0. The maximum absolute atomic E-state index is 12.5. The minimum Gasteiger partial charge on any atom is -1.00 e. The Balaban J connectivity index is 0.00000231. The molecule has 0 N–H and O–H groups in total. The molecule has 2 aliphatic rings. The summed E-state index contributed by atoms with van der Waals surface area (Å²) in [6.45, 7) is 2.25. The van der Waals surface area contributed by atoms with Gasteiger partial charge in [0.2, 0.25) is 6.73 Å². The zero-order valence-corrected chi connectivity index (χ0v) is 18.4. The molecule has 0 bridgehead atoms. The number of hydrogen-bond donors (Lipinski definition) is 0. The first-order valence-electron chi connectivity index (χ1n) is 10.6. The highest BCUT2D eigenvalue weighted by Crippen LogP contribution is 2.49. The summed E-state index contributed by atoms with van der Waals surface area (Å²) in [5.74, 6) is 0.0454. The van der Waals surface area contributed by atoms with Crippen molar-refractivity contribution in [2.24, 2.45) is 0 Å². The van der Waals surface area contributed by atoms with Gasteiger partial charge in [-0.25, -0.2) is 4.79 Å². The summed E-state index contributed by atoms with van der Waals surface area (Å²) in [6.07, 6.45) is 1.01. The van der Waals surface area contributed by atoms with E-state index in [9.17, 15) is 4.79 Å². The fourth-order valence-electron chi connectivity index (χ4n) is 4.92. The van der Waals surface area contributed by atoms with E-state index in [0.29, 0.717) is 22.7 Å². The van der Waals surface area contributed by atoms with E-state index in [1.165, 1.54) is 27.8 Å². The number of carbonyl (C=O) groups excluding carboxylic acids is 1. The molecule has 4 heteroatoms. The first-order valence-corrected chi connectivity index (χ1v) is 10.6. The molecule has 0 saturated carbocycles. The summed E-state index contributed by atoms with van der Waals surface area (Å²) in [5.41, 5.74) is 7.72. The summed E-state index contributed by atoms with van der Waals surface area (Å²) < 4.78 is 6.46. The minimum absolute atomic E-state index is 0. The molecule has 0 spiro atoms. The van der Waals surface area contributed by atoms with E-state index in [-0.39, 0.29) is 18.4 Å². The fraction of sp³-hybridized carbons (Fsp3) is 0.222. The Kier molecular flexibility index (Phi) is 5.99. The molecule has 5 rings (SSSR count). The highest BCUT2D eigenvalue weighted by molar-refractivity contribution is 5.89. The maximum Gasteiger partial charge on any atom is 0.342 e. The Morgan fingerprint density at radius 1 is 0.935 bits per heavy atom. The molecule has 3 nitrogen and oxygen atoms in total. The zero-order chi connectivity index (χ0) is 20.6. The van der Waals surface area contributed by atoms with Gasteiger partial charge < -0.3 is 17.1 Å². The van der Waals surface area contributed by atoms with Crippen LogP contribution in [0.2, 0.25) is 0 Å². The number of carbonyl (C=O) groups is 1. The van der Waals surface area contributed by atoms with Crippen molar-refractivity contribution < 1.29 is 26.4 Å². The topological polar surface area (TPSA) is 26.3 Å². The Morgan fingerprint density at radius 2 is 1.58 bits per heavy atom. The number of ether oxygens (including phenoxy) is 1. The molecule has 0 radical (unpaired) electrons. The average Bonchev–Trinajstić information content (AvgIpc) is 3.11. The first-order chi connectivity index (χ1) is 14.6. The van der Waals surface area contributed by atoms with E-state index >= 15 is 0 Å². The lowest BCUT2D eigenvalue weighted by atomic mass is 9.87. The normalized spacial score (nSPS) is 21.6. The molecular weight excluding hydrogens is 406 g/mol. The number of rotatable bonds is 4. The van der Waals surface area contributed by atoms with E-state index in [2.05, 4.69) is 61.6 Å². The molecule has 0 fully saturated rings. The van der Waals surface area contributed by atoms with Crippen LogP contribution >= 0.6 is 0 Å². The number of fused-ring (bicyclic) bond motifs is 2. The Labute approximate surface area is 190 Å². The van der Waals surface area contributed by atoms with Gasteiger partial charge in [-0.2, -0.15) is 0 Å². The van der Waals surface area contributed by atoms with E-state index < -0.39 is 0 Å². The largest absolute Gasteiger partial charge is 1.00 e. The number of nitrogens with zero attached hydrogens (tertiary/aromatic N) is 1. The Bertz CT molecular complexity index is 1110. The van der Waals surface area contributed by atoms with Crippen LogP contribution in [0.4, 0.5) is 0 Å². The Hall–Kier alpha value is -2.88. The molecule has 3 aromatic carbocycles. The third kappa shape index (κ3) is 4.04. The van der Waals surface area contributed by atoms with E-state index in [0.717, 1.165) is 19.5 Å². The molecule has 1 aliphatic heterocycles. The van der Waals surface area contributed by atoms with Crippen molar-refractivity contribution in [1.82, 2.24) is 0 Å². The molecule has 2 atom stereocenters. The van der Waals surface area contributed by atoms with E-state index in [1.807, 2.05) is 18.2 Å². The van der Waals surface area contributed by atoms with Crippen LogP contribution in [0, 0.1) is 0 Å². The minimum atomic E-state index is -0.246. The summed E-state index contributed by atoms with van der Waals surface area (Å²) in [4.78, 5) is 12.5.